The Morgan fingerprint density at radius 3 is 2.35 bits per heavy atom. The number of carbonyl (C=O) groups excluding carboxylic acids is 3. The second-order valence-corrected chi connectivity index (χ2v) is 8.67. The molecule has 2 aromatic rings. The van der Waals surface area contributed by atoms with Crippen LogP contribution in [0.15, 0.2) is 46.9 Å². The third kappa shape index (κ3) is 4.21. The number of anilines is 2. The molecule has 4 rings (SSSR count). The lowest BCUT2D eigenvalue weighted by Crippen LogP contribution is -2.51. The van der Waals surface area contributed by atoms with Gasteiger partial charge in [0.05, 0.1) is 11.4 Å². The summed E-state index contributed by atoms with van der Waals surface area (Å²) in [5.41, 5.74) is 1.54. The van der Waals surface area contributed by atoms with Crippen molar-refractivity contribution in [2.75, 3.05) is 42.5 Å². The molecule has 0 spiro atoms. The van der Waals surface area contributed by atoms with Crippen molar-refractivity contribution < 1.29 is 18.8 Å². The number of piperazine rings is 1. The summed E-state index contributed by atoms with van der Waals surface area (Å²) in [6.07, 6.45) is 0.486. The molecule has 31 heavy (non-hydrogen) atoms. The number of ketones is 1. The molecule has 0 aliphatic carbocycles. The number of para-hydroxylation sites is 1. The van der Waals surface area contributed by atoms with Gasteiger partial charge in [0.25, 0.3) is 0 Å². The lowest BCUT2D eigenvalue weighted by molar-refractivity contribution is -0.140. The zero-order valence-electron chi connectivity index (χ0n) is 17.2. The van der Waals surface area contributed by atoms with Crippen LogP contribution in [-0.2, 0) is 9.59 Å². The van der Waals surface area contributed by atoms with Crippen LogP contribution in [0.4, 0.5) is 15.8 Å². The van der Waals surface area contributed by atoms with Crippen LogP contribution < -0.4 is 9.80 Å². The van der Waals surface area contributed by atoms with E-state index in [1.807, 2.05) is 29.2 Å². The van der Waals surface area contributed by atoms with Gasteiger partial charge in [0.1, 0.15) is 11.7 Å². The van der Waals surface area contributed by atoms with Gasteiger partial charge in [-0.1, -0.05) is 12.1 Å². The third-order valence-corrected chi connectivity index (χ3v) is 6.60. The van der Waals surface area contributed by atoms with Gasteiger partial charge in [0.2, 0.25) is 11.8 Å². The van der Waals surface area contributed by atoms with Crippen LogP contribution in [0.1, 0.15) is 23.7 Å². The van der Waals surface area contributed by atoms with Gasteiger partial charge < -0.3 is 14.7 Å². The molecule has 6 nitrogen and oxygen atoms in total. The van der Waals surface area contributed by atoms with Crippen LogP contribution in [-0.4, -0.2) is 55.2 Å². The highest BCUT2D eigenvalue weighted by Crippen LogP contribution is 2.32. The van der Waals surface area contributed by atoms with Crippen LogP contribution in [0, 0.1) is 11.7 Å². The summed E-state index contributed by atoms with van der Waals surface area (Å²) < 4.78 is 15.3. The predicted molar refractivity (Wildman–Crippen MR) is 120 cm³/mol. The number of halogens is 2. The van der Waals surface area contributed by atoms with E-state index >= 15 is 0 Å². The van der Waals surface area contributed by atoms with E-state index in [9.17, 15) is 18.8 Å². The average Bonchev–Trinajstić information content (AvgIpc) is 3.14. The molecule has 2 heterocycles. The van der Waals surface area contributed by atoms with Crippen molar-refractivity contribution in [2.24, 2.45) is 5.92 Å². The van der Waals surface area contributed by atoms with Gasteiger partial charge in [-0.2, -0.15) is 0 Å². The maximum atomic E-state index is 14.5. The molecule has 0 N–H and O–H groups in total. The lowest BCUT2D eigenvalue weighted by atomic mass is 10.1. The molecule has 8 heteroatoms. The van der Waals surface area contributed by atoms with E-state index in [0.29, 0.717) is 50.4 Å². The first-order chi connectivity index (χ1) is 14.9. The fraction of sp³-hybridized carbons (Fsp3) is 0.348. The van der Waals surface area contributed by atoms with Crippen molar-refractivity contribution in [3.8, 4) is 0 Å². The molecule has 1 unspecified atom stereocenters. The quantitative estimate of drug-likeness (QED) is 0.489. The normalized spacial score (nSPS) is 19.1. The van der Waals surface area contributed by atoms with Crippen LogP contribution in [0.3, 0.4) is 0 Å². The number of hydrogen-bond acceptors (Lipinski definition) is 4. The topological polar surface area (TPSA) is 60.9 Å². The Morgan fingerprint density at radius 2 is 1.71 bits per heavy atom. The lowest BCUT2D eigenvalue weighted by Gasteiger charge is -2.37. The molecule has 2 aliphatic heterocycles. The van der Waals surface area contributed by atoms with Crippen LogP contribution in [0.5, 0.6) is 0 Å². The fourth-order valence-electron chi connectivity index (χ4n) is 4.19. The van der Waals surface area contributed by atoms with Crippen molar-refractivity contribution in [1.82, 2.24) is 4.90 Å². The Labute approximate surface area is 188 Å². The molecule has 0 bridgehead atoms. The molecule has 0 saturated carbocycles. The van der Waals surface area contributed by atoms with Gasteiger partial charge in [-0.25, -0.2) is 4.39 Å². The minimum absolute atomic E-state index is 0.161. The second kappa shape index (κ2) is 8.78. The van der Waals surface area contributed by atoms with Gasteiger partial charge >= 0.3 is 0 Å². The number of rotatable bonds is 4. The molecular formula is C23H23BrFN3O3. The summed E-state index contributed by atoms with van der Waals surface area (Å²) in [5.74, 6) is -1.64. The highest BCUT2D eigenvalue weighted by molar-refractivity contribution is 9.10. The Hall–Kier alpha value is -2.74. The van der Waals surface area contributed by atoms with Crippen molar-refractivity contribution in [3.05, 3.63) is 58.3 Å². The molecule has 2 saturated heterocycles. The molecule has 2 amide bonds. The van der Waals surface area contributed by atoms with Gasteiger partial charge in [0, 0.05) is 42.8 Å². The summed E-state index contributed by atoms with van der Waals surface area (Å²) in [7, 11) is 0. The summed E-state index contributed by atoms with van der Waals surface area (Å²) in [4.78, 5) is 42.6. The number of Topliss-reactive ketones (excluding diaryl/α,β-unsaturated/α-hetero) is 1. The first-order valence-corrected chi connectivity index (χ1v) is 11.1. The molecule has 162 valence electrons. The molecule has 0 radical (unpaired) electrons. The van der Waals surface area contributed by atoms with Crippen LogP contribution in [0.2, 0.25) is 0 Å². The highest BCUT2D eigenvalue weighted by atomic mass is 79.9. The van der Waals surface area contributed by atoms with E-state index in [1.165, 1.54) is 13.0 Å². The van der Waals surface area contributed by atoms with E-state index in [1.54, 1.807) is 21.9 Å². The van der Waals surface area contributed by atoms with E-state index in [4.69, 9.17) is 0 Å². The Morgan fingerprint density at radius 1 is 1.00 bits per heavy atom. The Kier molecular flexibility index (Phi) is 6.09. The molecule has 0 aromatic heterocycles. The number of carbonyl (C=O) groups is 3. The number of amides is 2. The van der Waals surface area contributed by atoms with Crippen LogP contribution >= 0.6 is 15.9 Å². The average molecular weight is 488 g/mol. The predicted octanol–water partition coefficient (Wildman–Crippen LogP) is 3.49. The minimum atomic E-state index is -0.676. The molecule has 2 fully saturated rings. The summed E-state index contributed by atoms with van der Waals surface area (Å²) in [6, 6.07) is 12.0. The first kappa shape index (κ1) is 21.5. The van der Waals surface area contributed by atoms with Gasteiger partial charge in [-0.3, -0.25) is 14.4 Å². The maximum Gasteiger partial charge on any atom is 0.239 e. The van der Waals surface area contributed by atoms with Crippen molar-refractivity contribution in [3.63, 3.8) is 0 Å². The van der Waals surface area contributed by atoms with Gasteiger partial charge in [-0.05, 0) is 59.6 Å². The monoisotopic (exact) mass is 487 g/mol. The summed E-state index contributed by atoms with van der Waals surface area (Å²) in [5, 5.41) is 0. The fourth-order valence-corrected chi connectivity index (χ4v) is 4.69. The first-order valence-electron chi connectivity index (χ1n) is 10.3. The van der Waals surface area contributed by atoms with Gasteiger partial charge in [-0.15, -0.1) is 0 Å². The number of benzene rings is 2. The third-order valence-electron chi connectivity index (χ3n) is 5.93. The SMILES string of the molecule is CC(=O)c1ccc(N2CCN(C(=O)C3CCN(c4ccccc4Br)C3=O)CC2)c(F)c1. The highest BCUT2D eigenvalue weighted by Gasteiger charge is 2.40. The zero-order valence-corrected chi connectivity index (χ0v) is 18.8. The number of nitrogens with zero attached hydrogens (tertiary/aromatic N) is 3. The molecule has 2 aromatic carbocycles. The van der Waals surface area contributed by atoms with Crippen molar-refractivity contribution >= 4 is 44.9 Å². The van der Waals surface area contributed by atoms with Crippen molar-refractivity contribution in [1.29, 1.82) is 0 Å². The summed E-state index contributed by atoms with van der Waals surface area (Å²) in [6.45, 7) is 3.69. The van der Waals surface area contributed by atoms with E-state index < -0.39 is 11.7 Å². The van der Waals surface area contributed by atoms with E-state index in [0.717, 1.165) is 10.2 Å². The zero-order chi connectivity index (χ0) is 22.1. The van der Waals surface area contributed by atoms with E-state index in [2.05, 4.69) is 15.9 Å². The Bertz CT molecular complexity index is 1040. The minimum Gasteiger partial charge on any atom is -0.366 e. The van der Waals surface area contributed by atoms with Crippen molar-refractivity contribution in [2.45, 2.75) is 13.3 Å². The molecule has 2 aliphatic rings. The summed E-state index contributed by atoms with van der Waals surface area (Å²) >= 11 is 3.47. The largest absolute Gasteiger partial charge is 0.366 e. The van der Waals surface area contributed by atoms with E-state index in [-0.39, 0.29) is 17.6 Å². The standard InChI is InChI=1S/C23H23BrFN3O3/c1-15(29)16-6-7-21(19(25)14-16)26-10-12-27(13-11-26)22(30)17-8-9-28(23(17)31)20-5-3-2-4-18(20)24/h2-7,14,17H,8-13H2,1H3. The second-order valence-electron chi connectivity index (χ2n) is 7.82. The Balaban J connectivity index is 1.39. The number of hydrogen-bond donors (Lipinski definition) is 0. The van der Waals surface area contributed by atoms with Crippen LogP contribution in [0.25, 0.3) is 0 Å². The molecular weight excluding hydrogens is 465 g/mol. The smallest absolute Gasteiger partial charge is 0.239 e. The maximum absolute atomic E-state index is 14.5. The molecule has 1 atom stereocenters. The van der Waals surface area contributed by atoms with Gasteiger partial charge in [0.15, 0.2) is 5.78 Å².